The number of hydrogen-bond acceptors (Lipinski definition) is 1. The third kappa shape index (κ3) is 2.69. The lowest BCUT2D eigenvalue weighted by Gasteiger charge is -2.35. The molecule has 4 rings (SSSR count). The van der Waals surface area contributed by atoms with Crippen molar-refractivity contribution in [1.29, 1.82) is 0 Å². The number of hydrogen-bond donors (Lipinski definition) is 0. The van der Waals surface area contributed by atoms with Crippen molar-refractivity contribution in [1.82, 2.24) is 9.47 Å². The highest BCUT2D eigenvalue weighted by atomic mass is 16.2. The summed E-state index contributed by atoms with van der Waals surface area (Å²) in [6.45, 7) is 3.85. The van der Waals surface area contributed by atoms with Crippen molar-refractivity contribution in [3.63, 3.8) is 0 Å². The summed E-state index contributed by atoms with van der Waals surface area (Å²) in [4.78, 5) is 14.8. The van der Waals surface area contributed by atoms with Gasteiger partial charge >= 0.3 is 0 Å². The van der Waals surface area contributed by atoms with Gasteiger partial charge in [-0.2, -0.15) is 0 Å². The lowest BCUT2D eigenvalue weighted by Crippen LogP contribution is -2.41. The van der Waals surface area contributed by atoms with Crippen LogP contribution >= 0.6 is 0 Å². The van der Waals surface area contributed by atoms with Crippen molar-refractivity contribution in [2.75, 3.05) is 6.54 Å². The molecule has 1 aromatic heterocycles. The second-order valence-corrected chi connectivity index (χ2v) is 6.88. The first-order valence-corrected chi connectivity index (χ1v) is 8.77. The molecule has 23 heavy (non-hydrogen) atoms. The molecule has 2 aromatic rings. The fourth-order valence-corrected chi connectivity index (χ4v) is 4.09. The minimum Gasteiger partial charge on any atom is -0.348 e. The molecule has 1 atom stereocenters. The standard InChI is InChI=1S/C20H24N2O/c1-15-19-7-4-10-21(19)11-12-22(15)20(23)14-16-8-9-17-5-2-3-6-18(17)13-16/h4,7-10,13,15H,2-3,5-6,11-12,14H2,1H3. The van der Waals surface area contributed by atoms with Gasteiger partial charge in [0.1, 0.15) is 0 Å². The first-order valence-electron chi connectivity index (χ1n) is 8.77. The smallest absolute Gasteiger partial charge is 0.227 e. The van der Waals surface area contributed by atoms with Crippen LogP contribution in [0.3, 0.4) is 0 Å². The number of fused-ring (bicyclic) bond motifs is 2. The molecule has 0 N–H and O–H groups in total. The summed E-state index contributed by atoms with van der Waals surface area (Å²) >= 11 is 0. The molecule has 120 valence electrons. The number of benzene rings is 1. The van der Waals surface area contributed by atoms with E-state index in [0.29, 0.717) is 6.42 Å². The van der Waals surface area contributed by atoms with Crippen molar-refractivity contribution < 1.29 is 4.79 Å². The van der Waals surface area contributed by atoms with Crippen molar-refractivity contribution in [3.05, 3.63) is 58.9 Å². The predicted molar refractivity (Wildman–Crippen MR) is 91.3 cm³/mol. The Morgan fingerprint density at radius 1 is 1.13 bits per heavy atom. The summed E-state index contributed by atoms with van der Waals surface area (Å²) in [7, 11) is 0. The fourth-order valence-electron chi connectivity index (χ4n) is 4.09. The topological polar surface area (TPSA) is 25.2 Å². The monoisotopic (exact) mass is 308 g/mol. The molecule has 1 aromatic carbocycles. The van der Waals surface area contributed by atoms with Gasteiger partial charge in [-0.3, -0.25) is 4.79 Å². The summed E-state index contributed by atoms with van der Waals surface area (Å²) in [5, 5.41) is 0. The third-order valence-corrected chi connectivity index (χ3v) is 5.43. The van der Waals surface area contributed by atoms with Crippen LogP contribution in [0.1, 0.15) is 48.2 Å². The second kappa shape index (κ2) is 5.88. The maximum absolute atomic E-state index is 12.8. The molecule has 1 unspecified atom stereocenters. The van der Waals surface area contributed by atoms with E-state index in [0.717, 1.165) is 13.1 Å². The Kier molecular flexibility index (Phi) is 3.72. The highest BCUT2D eigenvalue weighted by Crippen LogP contribution is 2.27. The van der Waals surface area contributed by atoms with E-state index in [1.807, 2.05) is 4.90 Å². The fraction of sp³-hybridized carbons (Fsp3) is 0.450. The molecule has 1 amide bonds. The van der Waals surface area contributed by atoms with Gasteiger partial charge in [0, 0.05) is 25.0 Å². The van der Waals surface area contributed by atoms with E-state index in [1.165, 1.54) is 48.1 Å². The highest BCUT2D eigenvalue weighted by Gasteiger charge is 2.27. The molecule has 0 fully saturated rings. The summed E-state index contributed by atoms with van der Waals surface area (Å²) in [5.41, 5.74) is 5.36. The molecule has 0 bridgehead atoms. The van der Waals surface area contributed by atoms with Crippen molar-refractivity contribution in [2.45, 2.75) is 51.6 Å². The van der Waals surface area contributed by atoms with E-state index < -0.39 is 0 Å². The second-order valence-electron chi connectivity index (χ2n) is 6.88. The Hall–Kier alpha value is -2.03. The molecule has 1 aliphatic heterocycles. The van der Waals surface area contributed by atoms with Crippen LogP contribution in [0.5, 0.6) is 0 Å². The Bertz CT molecular complexity index is 731. The number of rotatable bonds is 2. The van der Waals surface area contributed by atoms with Crippen LogP contribution in [-0.2, 0) is 30.6 Å². The predicted octanol–water partition coefficient (Wildman–Crippen LogP) is 3.51. The van der Waals surface area contributed by atoms with Crippen LogP contribution in [0.15, 0.2) is 36.5 Å². The molecule has 2 heterocycles. The van der Waals surface area contributed by atoms with Gasteiger partial charge in [0.2, 0.25) is 5.91 Å². The van der Waals surface area contributed by atoms with Crippen LogP contribution in [0.4, 0.5) is 0 Å². The van der Waals surface area contributed by atoms with Gasteiger partial charge in [-0.1, -0.05) is 18.2 Å². The molecule has 3 heteroatoms. The maximum atomic E-state index is 12.8. The van der Waals surface area contributed by atoms with Crippen LogP contribution in [-0.4, -0.2) is 21.9 Å². The lowest BCUT2D eigenvalue weighted by atomic mass is 9.90. The van der Waals surface area contributed by atoms with E-state index in [-0.39, 0.29) is 11.9 Å². The normalized spacial score (nSPS) is 20.0. The van der Waals surface area contributed by atoms with E-state index >= 15 is 0 Å². The van der Waals surface area contributed by atoms with Crippen molar-refractivity contribution >= 4 is 5.91 Å². The lowest BCUT2D eigenvalue weighted by molar-refractivity contribution is -0.133. The van der Waals surface area contributed by atoms with Gasteiger partial charge in [-0.05, 0) is 61.4 Å². The number of carbonyl (C=O) groups excluding carboxylic acids is 1. The van der Waals surface area contributed by atoms with Crippen LogP contribution in [0.2, 0.25) is 0 Å². The van der Waals surface area contributed by atoms with Crippen molar-refractivity contribution in [2.24, 2.45) is 0 Å². The highest BCUT2D eigenvalue weighted by molar-refractivity contribution is 5.79. The largest absolute Gasteiger partial charge is 0.348 e. The van der Waals surface area contributed by atoms with Gasteiger partial charge in [-0.25, -0.2) is 0 Å². The number of nitrogens with zero attached hydrogens (tertiary/aromatic N) is 2. The van der Waals surface area contributed by atoms with Gasteiger partial charge < -0.3 is 9.47 Å². The quantitative estimate of drug-likeness (QED) is 0.833. The van der Waals surface area contributed by atoms with E-state index in [9.17, 15) is 4.79 Å². The minimum atomic E-state index is 0.170. The molecule has 3 nitrogen and oxygen atoms in total. The molecule has 2 aliphatic rings. The molecular formula is C20H24N2O. The van der Waals surface area contributed by atoms with Crippen LogP contribution in [0, 0.1) is 0 Å². The third-order valence-electron chi connectivity index (χ3n) is 5.43. The van der Waals surface area contributed by atoms with Gasteiger partial charge in [0.15, 0.2) is 0 Å². The zero-order chi connectivity index (χ0) is 15.8. The Morgan fingerprint density at radius 3 is 2.83 bits per heavy atom. The molecule has 1 aliphatic carbocycles. The molecule has 0 saturated carbocycles. The zero-order valence-electron chi connectivity index (χ0n) is 13.8. The van der Waals surface area contributed by atoms with E-state index in [1.54, 1.807) is 0 Å². The Morgan fingerprint density at radius 2 is 1.96 bits per heavy atom. The van der Waals surface area contributed by atoms with E-state index in [4.69, 9.17) is 0 Å². The Labute approximate surface area is 137 Å². The van der Waals surface area contributed by atoms with Gasteiger partial charge in [-0.15, -0.1) is 0 Å². The molecule has 0 spiro atoms. The zero-order valence-corrected chi connectivity index (χ0v) is 13.8. The van der Waals surface area contributed by atoms with E-state index in [2.05, 4.69) is 48.0 Å². The van der Waals surface area contributed by atoms with Crippen LogP contribution < -0.4 is 0 Å². The summed E-state index contributed by atoms with van der Waals surface area (Å²) in [6, 6.07) is 11.0. The average Bonchev–Trinajstić information content (AvgIpc) is 3.04. The summed E-state index contributed by atoms with van der Waals surface area (Å²) < 4.78 is 2.26. The minimum absolute atomic E-state index is 0.170. The Balaban J connectivity index is 1.50. The summed E-state index contributed by atoms with van der Waals surface area (Å²) in [5.74, 6) is 0.251. The van der Waals surface area contributed by atoms with Crippen LogP contribution in [0.25, 0.3) is 0 Å². The number of aryl methyl sites for hydroxylation is 2. The average molecular weight is 308 g/mol. The summed E-state index contributed by atoms with van der Waals surface area (Å²) in [6.07, 6.45) is 7.59. The van der Waals surface area contributed by atoms with Crippen molar-refractivity contribution in [3.8, 4) is 0 Å². The molecule has 0 radical (unpaired) electrons. The van der Waals surface area contributed by atoms with Gasteiger partial charge in [0.05, 0.1) is 12.5 Å². The number of aromatic nitrogens is 1. The maximum Gasteiger partial charge on any atom is 0.227 e. The first-order chi connectivity index (χ1) is 11.2. The molecule has 0 saturated heterocycles. The SMILES string of the molecule is CC1c2cccn2CCN1C(=O)Cc1ccc2c(c1)CCCC2. The first kappa shape index (κ1) is 14.6. The molecular weight excluding hydrogens is 284 g/mol. The van der Waals surface area contributed by atoms with Gasteiger partial charge in [0.25, 0.3) is 0 Å². The number of carbonyl (C=O) groups is 1. The number of amides is 1.